The standard InChI is InChI=1S/C15H21FOSi/c1-12(13-6-8-14(16)9-7-13)15(10-5-11-15)17-18(2,3)4/h6-9H,1,5,10-11H2,2-4H3. The maximum atomic E-state index is 13.0. The van der Waals surface area contributed by atoms with Crippen molar-refractivity contribution in [1.29, 1.82) is 0 Å². The first kappa shape index (κ1) is 13.5. The van der Waals surface area contributed by atoms with E-state index in [1.165, 1.54) is 18.6 Å². The van der Waals surface area contributed by atoms with Crippen molar-refractivity contribution in [1.82, 2.24) is 0 Å². The van der Waals surface area contributed by atoms with Crippen LogP contribution in [0.4, 0.5) is 4.39 Å². The molecule has 1 aromatic carbocycles. The molecule has 0 aliphatic heterocycles. The highest BCUT2D eigenvalue weighted by molar-refractivity contribution is 6.69. The lowest BCUT2D eigenvalue weighted by Crippen LogP contribution is -2.48. The van der Waals surface area contributed by atoms with Crippen LogP contribution in [-0.4, -0.2) is 13.9 Å². The lowest BCUT2D eigenvalue weighted by atomic mass is 9.73. The zero-order chi connectivity index (χ0) is 13.4. The molecular formula is C15H21FOSi. The van der Waals surface area contributed by atoms with Gasteiger partial charge in [0, 0.05) is 0 Å². The quantitative estimate of drug-likeness (QED) is 0.721. The van der Waals surface area contributed by atoms with Crippen molar-refractivity contribution >= 4 is 13.9 Å². The van der Waals surface area contributed by atoms with Gasteiger partial charge >= 0.3 is 0 Å². The fourth-order valence-electron chi connectivity index (χ4n) is 2.46. The van der Waals surface area contributed by atoms with E-state index in [1.54, 1.807) is 12.1 Å². The minimum absolute atomic E-state index is 0.192. The summed E-state index contributed by atoms with van der Waals surface area (Å²) in [6.45, 7) is 10.8. The van der Waals surface area contributed by atoms with Gasteiger partial charge in [-0.15, -0.1) is 0 Å². The average Bonchev–Trinajstić information content (AvgIpc) is 2.22. The summed E-state index contributed by atoms with van der Waals surface area (Å²) in [6.07, 6.45) is 3.26. The summed E-state index contributed by atoms with van der Waals surface area (Å²) in [5.74, 6) is -0.208. The molecule has 0 aromatic heterocycles. The van der Waals surface area contributed by atoms with Gasteiger partial charge in [0.25, 0.3) is 0 Å². The van der Waals surface area contributed by atoms with Gasteiger partial charge in [-0.3, -0.25) is 0 Å². The second-order valence-electron chi connectivity index (χ2n) is 6.05. The van der Waals surface area contributed by atoms with Gasteiger partial charge in [-0.25, -0.2) is 4.39 Å². The molecule has 0 amide bonds. The van der Waals surface area contributed by atoms with E-state index < -0.39 is 8.32 Å². The molecule has 0 unspecified atom stereocenters. The predicted molar refractivity (Wildman–Crippen MR) is 76.4 cm³/mol. The summed E-state index contributed by atoms with van der Waals surface area (Å²) in [7, 11) is -1.60. The van der Waals surface area contributed by atoms with Crippen LogP contribution in [-0.2, 0) is 4.43 Å². The molecule has 0 radical (unpaired) electrons. The van der Waals surface area contributed by atoms with Gasteiger partial charge in [0.15, 0.2) is 8.32 Å². The summed E-state index contributed by atoms with van der Waals surface area (Å²) in [5.41, 5.74) is 1.81. The predicted octanol–water partition coefficient (Wildman–Crippen LogP) is 4.61. The molecule has 1 aliphatic rings. The minimum Gasteiger partial charge on any atom is -0.408 e. The Labute approximate surface area is 110 Å². The lowest BCUT2D eigenvalue weighted by Gasteiger charge is -2.47. The number of hydrogen-bond acceptors (Lipinski definition) is 1. The molecule has 0 N–H and O–H groups in total. The van der Waals surface area contributed by atoms with Crippen LogP contribution in [0.3, 0.4) is 0 Å². The zero-order valence-electron chi connectivity index (χ0n) is 11.4. The zero-order valence-corrected chi connectivity index (χ0v) is 12.4. The summed E-state index contributed by atoms with van der Waals surface area (Å²) in [5, 5.41) is 0. The van der Waals surface area contributed by atoms with Crippen molar-refractivity contribution in [3.8, 4) is 0 Å². The third-order valence-electron chi connectivity index (χ3n) is 3.41. The molecule has 0 bridgehead atoms. The van der Waals surface area contributed by atoms with Gasteiger partial charge in [0.05, 0.1) is 5.60 Å². The van der Waals surface area contributed by atoms with Gasteiger partial charge < -0.3 is 4.43 Å². The van der Waals surface area contributed by atoms with Crippen molar-refractivity contribution in [2.24, 2.45) is 0 Å². The average molecular weight is 264 g/mol. The molecule has 18 heavy (non-hydrogen) atoms. The molecule has 0 heterocycles. The monoisotopic (exact) mass is 264 g/mol. The maximum Gasteiger partial charge on any atom is 0.184 e. The molecule has 3 heteroatoms. The third-order valence-corrected chi connectivity index (χ3v) is 4.41. The molecular weight excluding hydrogens is 243 g/mol. The third kappa shape index (κ3) is 2.73. The van der Waals surface area contributed by atoms with Crippen molar-refractivity contribution in [2.75, 3.05) is 0 Å². The van der Waals surface area contributed by atoms with E-state index in [1.807, 2.05) is 0 Å². The van der Waals surface area contributed by atoms with E-state index in [4.69, 9.17) is 4.43 Å². The molecule has 1 aliphatic carbocycles. The van der Waals surface area contributed by atoms with Gasteiger partial charge in [-0.1, -0.05) is 18.7 Å². The van der Waals surface area contributed by atoms with E-state index in [0.717, 1.165) is 24.0 Å². The number of benzene rings is 1. The highest BCUT2D eigenvalue weighted by Gasteiger charge is 2.44. The largest absolute Gasteiger partial charge is 0.408 e. The van der Waals surface area contributed by atoms with Crippen LogP contribution in [0.1, 0.15) is 24.8 Å². The van der Waals surface area contributed by atoms with Crippen molar-refractivity contribution in [3.63, 3.8) is 0 Å². The van der Waals surface area contributed by atoms with E-state index in [0.29, 0.717) is 0 Å². The van der Waals surface area contributed by atoms with E-state index in [-0.39, 0.29) is 11.4 Å². The van der Waals surface area contributed by atoms with Gasteiger partial charge in [-0.2, -0.15) is 0 Å². The maximum absolute atomic E-state index is 13.0. The normalized spacial score (nSPS) is 18.2. The summed E-state index contributed by atoms with van der Waals surface area (Å²) in [4.78, 5) is 0. The topological polar surface area (TPSA) is 9.23 Å². The van der Waals surface area contributed by atoms with Gasteiger partial charge in [-0.05, 0) is 62.2 Å². The second-order valence-corrected chi connectivity index (χ2v) is 10.5. The van der Waals surface area contributed by atoms with Gasteiger partial charge in [0.2, 0.25) is 0 Å². The van der Waals surface area contributed by atoms with E-state index in [2.05, 4.69) is 26.2 Å². The Morgan fingerprint density at radius 3 is 2.17 bits per heavy atom. The molecule has 1 saturated carbocycles. The molecule has 0 spiro atoms. The molecule has 0 atom stereocenters. The first-order chi connectivity index (χ1) is 8.32. The van der Waals surface area contributed by atoms with Crippen molar-refractivity contribution in [2.45, 2.75) is 44.5 Å². The Balaban J connectivity index is 2.23. The van der Waals surface area contributed by atoms with Crippen molar-refractivity contribution in [3.05, 3.63) is 42.2 Å². The molecule has 0 saturated heterocycles. The van der Waals surface area contributed by atoms with Crippen LogP contribution >= 0.6 is 0 Å². The summed E-state index contributed by atoms with van der Waals surface area (Å²) in [6, 6.07) is 6.57. The lowest BCUT2D eigenvalue weighted by molar-refractivity contribution is 0.0432. The van der Waals surface area contributed by atoms with Crippen LogP contribution in [0.2, 0.25) is 19.6 Å². The Kier molecular flexibility index (Phi) is 3.47. The Morgan fingerprint density at radius 1 is 1.22 bits per heavy atom. The summed E-state index contributed by atoms with van der Waals surface area (Å²) >= 11 is 0. The molecule has 1 aromatic rings. The molecule has 1 fully saturated rings. The highest BCUT2D eigenvalue weighted by atomic mass is 28.4. The summed E-state index contributed by atoms with van der Waals surface area (Å²) < 4.78 is 19.3. The SMILES string of the molecule is C=C(c1ccc(F)cc1)C1(O[Si](C)(C)C)CCC1. The number of halogens is 1. The van der Waals surface area contributed by atoms with Crippen molar-refractivity contribution < 1.29 is 8.82 Å². The Hall–Kier alpha value is -0.933. The first-order valence-electron chi connectivity index (χ1n) is 6.48. The fourth-order valence-corrected chi connectivity index (χ4v) is 3.96. The minimum atomic E-state index is -1.60. The van der Waals surface area contributed by atoms with Crippen LogP contribution in [0.15, 0.2) is 30.8 Å². The molecule has 2 rings (SSSR count). The second kappa shape index (κ2) is 4.63. The van der Waals surface area contributed by atoms with Crippen LogP contribution in [0.25, 0.3) is 5.57 Å². The number of hydrogen-bond donors (Lipinski definition) is 0. The van der Waals surface area contributed by atoms with Crippen LogP contribution < -0.4 is 0 Å². The highest BCUT2D eigenvalue weighted by Crippen LogP contribution is 2.46. The molecule has 98 valence electrons. The van der Waals surface area contributed by atoms with Gasteiger partial charge in [0.1, 0.15) is 5.82 Å². The number of rotatable bonds is 4. The Morgan fingerprint density at radius 2 is 1.78 bits per heavy atom. The Bertz CT molecular complexity index is 441. The first-order valence-corrected chi connectivity index (χ1v) is 9.89. The van der Waals surface area contributed by atoms with E-state index in [9.17, 15) is 4.39 Å². The van der Waals surface area contributed by atoms with Crippen LogP contribution in [0.5, 0.6) is 0 Å². The smallest absolute Gasteiger partial charge is 0.184 e. The molecule has 1 nitrogen and oxygen atoms in total. The fraction of sp³-hybridized carbons (Fsp3) is 0.467. The van der Waals surface area contributed by atoms with Crippen LogP contribution in [0, 0.1) is 5.82 Å². The van der Waals surface area contributed by atoms with E-state index >= 15 is 0 Å².